The summed E-state index contributed by atoms with van der Waals surface area (Å²) in [5, 5.41) is 13.3. The second kappa shape index (κ2) is 6.87. The molecule has 0 fully saturated rings. The third-order valence-electron chi connectivity index (χ3n) is 3.47. The zero-order chi connectivity index (χ0) is 17.0. The van der Waals surface area contributed by atoms with E-state index in [0.717, 1.165) is 11.3 Å². The summed E-state index contributed by atoms with van der Waals surface area (Å²) in [5.74, 6) is -0.252. The highest BCUT2D eigenvalue weighted by atomic mass is 16.6. The number of aryl methyl sites for hydroxylation is 2. The summed E-state index contributed by atoms with van der Waals surface area (Å²) in [7, 11) is 0. The van der Waals surface area contributed by atoms with E-state index in [-0.39, 0.29) is 30.1 Å². The number of benzene rings is 1. The van der Waals surface area contributed by atoms with Crippen LogP contribution in [0.2, 0.25) is 0 Å². The van der Waals surface area contributed by atoms with E-state index in [9.17, 15) is 19.7 Å². The standard InChI is InChI=1S/C16H17N3O4/c1-10-7-11(2)18-16(21)14(10)9-17-15(20)8-12-3-5-13(6-4-12)19(22)23/h3-7H,8-9H2,1-2H3,(H,17,20)(H,18,21). The average Bonchev–Trinajstić information content (AvgIpc) is 2.46. The molecule has 23 heavy (non-hydrogen) atoms. The summed E-state index contributed by atoms with van der Waals surface area (Å²) in [4.78, 5) is 36.6. The van der Waals surface area contributed by atoms with Crippen molar-refractivity contribution in [1.29, 1.82) is 0 Å². The van der Waals surface area contributed by atoms with Crippen molar-refractivity contribution in [2.75, 3.05) is 0 Å². The Hall–Kier alpha value is -2.96. The first-order chi connectivity index (χ1) is 10.9. The molecule has 0 aliphatic rings. The molecule has 7 nitrogen and oxygen atoms in total. The van der Waals surface area contributed by atoms with Gasteiger partial charge in [0.1, 0.15) is 0 Å². The lowest BCUT2D eigenvalue weighted by atomic mass is 10.1. The van der Waals surface area contributed by atoms with Gasteiger partial charge in [-0.2, -0.15) is 0 Å². The lowest BCUT2D eigenvalue weighted by molar-refractivity contribution is -0.384. The van der Waals surface area contributed by atoms with Crippen molar-refractivity contribution in [3.63, 3.8) is 0 Å². The van der Waals surface area contributed by atoms with E-state index in [4.69, 9.17) is 0 Å². The molecule has 0 spiro atoms. The number of pyridine rings is 1. The van der Waals surface area contributed by atoms with Gasteiger partial charge in [-0.25, -0.2) is 0 Å². The quantitative estimate of drug-likeness (QED) is 0.647. The third-order valence-corrected chi connectivity index (χ3v) is 3.47. The summed E-state index contributed by atoms with van der Waals surface area (Å²) < 4.78 is 0. The number of hydrogen-bond acceptors (Lipinski definition) is 4. The summed E-state index contributed by atoms with van der Waals surface area (Å²) >= 11 is 0. The van der Waals surface area contributed by atoms with Crippen molar-refractivity contribution in [1.82, 2.24) is 10.3 Å². The maximum Gasteiger partial charge on any atom is 0.269 e. The molecular weight excluding hydrogens is 298 g/mol. The van der Waals surface area contributed by atoms with Crippen LogP contribution in [0.3, 0.4) is 0 Å². The van der Waals surface area contributed by atoms with Crippen molar-refractivity contribution in [2.24, 2.45) is 0 Å². The van der Waals surface area contributed by atoms with Gasteiger partial charge in [-0.1, -0.05) is 12.1 Å². The number of nitro groups is 1. The SMILES string of the molecule is Cc1cc(C)c(CNC(=O)Cc2ccc([N+](=O)[O-])cc2)c(=O)[nH]1. The molecule has 1 amide bonds. The highest BCUT2D eigenvalue weighted by molar-refractivity contribution is 5.78. The monoisotopic (exact) mass is 315 g/mol. The molecule has 0 saturated carbocycles. The Kier molecular flexibility index (Phi) is 4.90. The Labute approximate surface area is 132 Å². The van der Waals surface area contributed by atoms with Gasteiger partial charge in [-0.3, -0.25) is 19.7 Å². The van der Waals surface area contributed by atoms with E-state index in [1.807, 2.05) is 13.0 Å². The van der Waals surface area contributed by atoms with Crippen LogP contribution in [0.15, 0.2) is 35.1 Å². The molecule has 0 aliphatic heterocycles. The molecule has 0 aliphatic carbocycles. The van der Waals surface area contributed by atoms with Crippen LogP contribution in [-0.2, 0) is 17.8 Å². The normalized spacial score (nSPS) is 10.3. The first kappa shape index (κ1) is 16.4. The molecule has 0 saturated heterocycles. The highest BCUT2D eigenvalue weighted by Gasteiger charge is 2.09. The number of aromatic amines is 1. The first-order valence-electron chi connectivity index (χ1n) is 7.06. The minimum absolute atomic E-state index is 0.0176. The Morgan fingerprint density at radius 3 is 2.48 bits per heavy atom. The van der Waals surface area contributed by atoms with Gasteiger partial charge in [0, 0.05) is 29.9 Å². The molecule has 0 radical (unpaired) electrons. The van der Waals surface area contributed by atoms with Gasteiger partial charge in [0.25, 0.3) is 11.2 Å². The van der Waals surface area contributed by atoms with Crippen LogP contribution in [0.25, 0.3) is 0 Å². The van der Waals surface area contributed by atoms with Crippen molar-refractivity contribution < 1.29 is 9.72 Å². The zero-order valence-electron chi connectivity index (χ0n) is 12.9. The molecule has 1 heterocycles. The predicted molar refractivity (Wildman–Crippen MR) is 85.2 cm³/mol. The molecule has 1 aromatic heterocycles. The fourth-order valence-electron chi connectivity index (χ4n) is 2.27. The van der Waals surface area contributed by atoms with Crippen LogP contribution in [0.1, 0.15) is 22.4 Å². The molecule has 2 rings (SSSR count). The maximum atomic E-state index is 11.9. The number of hydrogen-bond donors (Lipinski definition) is 2. The van der Waals surface area contributed by atoms with Gasteiger partial charge >= 0.3 is 0 Å². The van der Waals surface area contributed by atoms with E-state index in [2.05, 4.69) is 10.3 Å². The number of nitrogens with zero attached hydrogens (tertiary/aromatic N) is 1. The lowest BCUT2D eigenvalue weighted by Crippen LogP contribution is -2.29. The number of non-ortho nitro benzene ring substituents is 1. The van der Waals surface area contributed by atoms with Gasteiger partial charge in [0.15, 0.2) is 0 Å². The van der Waals surface area contributed by atoms with Crippen LogP contribution < -0.4 is 10.9 Å². The fraction of sp³-hybridized carbons (Fsp3) is 0.250. The number of carbonyl (C=O) groups excluding carboxylic acids is 1. The van der Waals surface area contributed by atoms with Gasteiger partial charge in [0.2, 0.25) is 5.91 Å². The number of carbonyl (C=O) groups is 1. The lowest BCUT2D eigenvalue weighted by Gasteiger charge is -2.08. The highest BCUT2D eigenvalue weighted by Crippen LogP contribution is 2.12. The largest absolute Gasteiger partial charge is 0.352 e. The molecule has 7 heteroatoms. The summed E-state index contributed by atoms with van der Waals surface area (Å²) in [6, 6.07) is 7.65. The zero-order valence-corrected chi connectivity index (χ0v) is 12.9. The number of nitrogens with one attached hydrogen (secondary N) is 2. The minimum atomic E-state index is -0.490. The van der Waals surface area contributed by atoms with E-state index in [1.54, 1.807) is 19.1 Å². The molecular formula is C16H17N3O4. The van der Waals surface area contributed by atoms with Crippen LogP contribution in [0.5, 0.6) is 0 Å². The minimum Gasteiger partial charge on any atom is -0.352 e. The topological polar surface area (TPSA) is 105 Å². The van der Waals surface area contributed by atoms with Crippen molar-refractivity contribution in [3.05, 3.63) is 73.2 Å². The molecule has 120 valence electrons. The molecule has 0 unspecified atom stereocenters. The summed E-state index contributed by atoms with van der Waals surface area (Å²) in [6.45, 7) is 3.76. The molecule has 2 aromatic rings. The second-order valence-corrected chi connectivity index (χ2v) is 5.32. The van der Waals surface area contributed by atoms with Crippen LogP contribution in [-0.4, -0.2) is 15.8 Å². The number of rotatable bonds is 5. The number of amides is 1. The van der Waals surface area contributed by atoms with Crippen molar-refractivity contribution in [2.45, 2.75) is 26.8 Å². The Morgan fingerprint density at radius 1 is 1.26 bits per heavy atom. The van der Waals surface area contributed by atoms with E-state index < -0.39 is 4.92 Å². The van der Waals surface area contributed by atoms with Crippen LogP contribution in [0.4, 0.5) is 5.69 Å². The Balaban J connectivity index is 1.98. The second-order valence-electron chi connectivity index (χ2n) is 5.32. The molecule has 0 atom stereocenters. The van der Waals surface area contributed by atoms with Crippen LogP contribution >= 0.6 is 0 Å². The number of nitro benzene ring substituents is 1. The van der Waals surface area contributed by atoms with Crippen LogP contribution in [0, 0.1) is 24.0 Å². The van der Waals surface area contributed by atoms with Crippen molar-refractivity contribution >= 4 is 11.6 Å². The fourth-order valence-corrected chi connectivity index (χ4v) is 2.27. The number of aromatic nitrogens is 1. The maximum absolute atomic E-state index is 11.9. The van der Waals surface area contributed by atoms with E-state index >= 15 is 0 Å². The molecule has 0 bridgehead atoms. The smallest absolute Gasteiger partial charge is 0.269 e. The van der Waals surface area contributed by atoms with Gasteiger partial charge in [0.05, 0.1) is 11.3 Å². The average molecular weight is 315 g/mol. The molecule has 1 aromatic carbocycles. The van der Waals surface area contributed by atoms with Gasteiger partial charge in [-0.15, -0.1) is 0 Å². The summed E-state index contributed by atoms with van der Waals surface area (Å²) in [5.41, 5.74) is 2.56. The Bertz CT molecular complexity index is 794. The van der Waals surface area contributed by atoms with Crippen molar-refractivity contribution in [3.8, 4) is 0 Å². The van der Waals surface area contributed by atoms with E-state index in [0.29, 0.717) is 11.1 Å². The van der Waals surface area contributed by atoms with E-state index in [1.165, 1.54) is 12.1 Å². The first-order valence-corrected chi connectivity index (χ1v) is 7.06. The Morgan fingerprint density at radius 2 is 1.91 bits per heavy atom. The van der Waals surface area contributed by atoms with Gasteiger partial charge in [-0.05, 0) is 31.0 Å². The summed E-state index contributed by atoms with van der Waals surface area (Å²) in [6.07, 6.45) is 0.0980. The third kappa shape index (κ3) is 4.26. The van der Waals surface area contributed by atoms with Gasteiger partial charge < -0.3 is 10.3 Å². The predicted octanol–water partition coefficient (Wildman–Crippen LogP) is 1.76. The number of H-pyrrole nitrogens is 1. The molecule has 2 N–H and O–H groups in total.